The first-order chi connectivity index (χ1) is 9.19. The predicted molar refractivity (Wildman–Crippen MR) is 73.5 cm³/mol. The average Bonchev–Trinajstić information content (AvgIpc) is 2.94. The first-order valence-electron chi connectivity index (χ1n) is 6.19. The molecule has 0 aliphatic carbocycles. The molecule has 0 aliphatic rings. The van der Waals surface area contributed by atoms with Crippen molar-refractivity contribution in [3.05, 3.63) is 41.7 Å². The third-order valence-electron chi connectivity index (χ3n) is 3.10. The fourth-order valence-electron chi connectivity index (χ4n) is 1.95. The third-order valence-corrected chi connectivity index (χ3v) is 3.10. The van der Waals surface area contributed by atoms with Crippen LogP contribution in [0.2, 0.25) is 0 Å². The Morgan fingerprint density at radius 2 is 1.95 bits per heavy atom. The SMILES string of the molecule is CCn1cc(C(N)c2ccc(OC)c(OC)c2)cn1. The number of nitrogens with two attached hydrogens (primary N) is 1. The molecular weight excluding hydrogens is 242 g/mol. The highest BCUT2D eigenvalue weighted by atomic mass is 16.5. The summed E-state index contributed by atoms with van der Waals surface area (Å²) in [5.74, 6) is 1.38. The largest absolute Gasteiger partial charge is 0.493 e. The molecule has 1 aromatic carbocycles. The summed E-state index contributed by atoms with van der Waals surface area (Å²) < 4.78 is 12.4. The summed E-state index contributed by atoms with van der Waals surface area (Å²) in [5, 5.41) is 4.24. The van der Waals surface area contributed by atoms with E-state index in [0.717, 1.165) is 17.7 Å². The van der Waals surface area contributed by atoms with E-state index < -0.39 is 0 Å². The van der Waals surface area contributed by atoms with E-state index in [1.807, 2.05) is 36.0 Å². The van der Waals surface area contributed by atoms with Crippen molar-refractivity contribution in [2.45, 2.75) is 19.5 Å². The van der Waals surface area contributed by atoms with Gasteiger partial charge in [0, 0.05) is 18.3 Å². The summed E-state index contributed by atoms with van der Waals surface area (Å²) >= 11 is 0. The number of ether oxygens (including phenoxy) is 2. The molecule has 0 aliphatic heterocycles. The van der Waals surface area contributed by atoms with E-state index in [-0.39, 0.29) is 6.04 Å². The normalized spacial score (nSPS) is 12.2. The van der Waals surface area contributed by atoms with Crippen LogP contribution in [0, 0.1) is 0 Å². The van der Waals surface area contributed by atoms with Gasteiger partial charge < -0.3 is 15.2 Å². The molecule has 1 atom stereocenters. The number of hydrogen-bond acceptors (Lipinski definition) is 4. The van der Waals surface area contributed by atoms with Crippen LogP contribution < -0.4 is 15.2 Å². The molecule has 0 fully saturated rings. The maximum atomic E-state index is 6.25. The lowest BCUT2D eigenvalue weighted by atomic mass is 10.0. The Balaban J connectivity index is 2.30. The lowest BCUT2D eigenvalue weighted by molar-refractivity contribution is 0.354. The fraction of sp³-hybridized carbons (Fsp3) is 0.357. The van der Waals surface area contributed by atoms with Gasteiger partial charge in [-0.3, -0.25) is 4.68 Å². The molecule has 1 unspecified atom stereocenters. The third kappa shape index (κ3) is 2.71. The van der Waals surface area contributed by atoms with E-state index in [1.54, 1.807) is 20.4 Å². The number of hydrogen-bond donors (Lipinski definition) is 1. The Hall–Kier alpha value is -2.01. The van der Waals surface area contributed by atoms with Crippen LogP contribution in [0.4, 0.5) is 0 Å². The second-order valence-corrected chi connectivity index (χ2v) is 4.22. The monoisotopic (exact) mass is 261 g/mol. The van der Waals surface area contributed by atoms with E-state index in [4.69, 9.17) is 15.2 Å². The van der Waals surface area contributed by atoms with Crippen molar-refractivity contribution >= 4 is 0 Å². The lowest BCUT2D eigenvalue weighted by Crippen LogP contribution is -2.11. The van der Waals surface area contributed by atoms with Crippen LogP contribution in [0.25, 0.3) is 0 Å². The van der Waals surface area contributed by atoms with E-state index in [9.17, 15) is 0 Å². The molecule has 2 aromatic rings. The van der Waals surface area contributed by atoms with Crippen molar-refractivity contribution in [2.24, 2.45) is 5.73 Å². The van der Waals surface area contributed by atoms with Crippen LogP contribution in [0.3, 0.4) is 0 Å². The number of nitrogens with zero attached hydrogens (tertiary/aromatic N) is 2. The summed E-state index contributed by atoms with van der Waals surface area (Å²) in [7, 11) is 3.23. The van der Waals surface area contributed by atoms with Crippen LogP contribution in [-0.4, -0.2) is 24.0 Å². The van der Waals surface area contributed by atoms with E-state index >= 15 is 0 Å². The van der Waals surface area contributed by atoms with Gasteiger partial charge in [0.2, 0.25) is 0 Å². The molecule has 0 saturated carbocycles. The van der Waals surface area contributed by atoms with Gasteiger partial charge in [-0.25, -0.2) is 0 Å². The minimum atomic E-state index is -0.222. The Labute approximate surface area is 112 Å². The molecule has 0 radical (unpaired) electrons. The van der Waals surface area contributed by atoms with Crippen LogP contribution >= 0.6 is 0 Å². The first kappa shape index (κ1) is 13.4. The summed E-state index contributed by atoms with van der Waals surface area (Å²) in [4.78, 5) is 0. The van der Waals surface area contributed by atoms with Crippen molar-refractivity contribution in [2.75, 3.05) is 14.2 Å². The van der Waals surface area contributed by atoms with Gasteiger partial charge in [0.15, 0.2) is 11.5 Å². The molecule has 0 amide bonds. The van der Waals surface area contributed by atoms with Gasteiger partial charge in [0.1, 0.15) is 0 Å². The standard InChI is InChI=1S/C14H19N3O2/c1-4-17-9-11(8-16-17)14(15)10-5-6-12(18-2)13(7-10)19-3/h5-9,14H,4,15H2,1-3H3. The number of methoxy groups -OCH3 is 2. The Morgan fingerprint density at radius 1 is 1.21 bits per heavy atom. The van der Waals surface area contributed by atoms with Gasteiger partial charge in [-0.15, -0.1) is 0 Å². The highest BCUT2D eigenvalue weighted by Gasteiger charge is 2.14. The molecule has 1 aromatic heterocycles. The molecule has 0 bridgehead atoms. The van der Waals surface area contributed by atoms with Gasteiger partial charge in [-0.1, -0.05) is 6.07 Å². The molecule has 1 heterocycles. The van der Waals surface area contributed by atoms with Crippen molar-refractivity contribution in [3.63, 3.8) is 0 Å². The van der Waals surface area contributed by atoms with E-state index in [1.165, 1.54) is 0 Å². The summed E-state index contributed by atoms with van der Waals surface area (Å²) in [6.45, 7) is 2.87. The molecule has 5 heteroatoms. The first-order valence-corrected chi connectivity index (χ1v) is 6.19. The molecule has 2 N–H and O–H groups in total. The maximum Gasteiger partial charge on any atom is 0.161 e. The van der Waals surface area contributed by atoms with Gasteiger partial charge in [-0.05, 0) is 24.6 Å². The minimum Gasteiger partial charge on any atom is -0.493 e. The zero-order valence-electron chi connectivity index (χ0n) is 11.5. The van der Waals surface area contributed by atoms with Gasteiger partial charge in [0.25, 0.3) is 0 Å². The van der Waals surface area contributed by atoms with Gasteiger partial charge in [0.05, 0.1) is 26.5 Å². The zero-order chi connectivity index (χ0) is 13.8. The van der Waals surface area contributed by atoms with Gasteiger partial charge >= 0.3 is 0 Å². The fourth-order valence-corrected chi connectivity index (χ4v) is 1.95. The summed E-state index contributed by atoms with van der Waals surface area (Å²) in [6, 6.07) is 5.47. The van der Waals surface area contributed by atoms with Crippen LogP contribution in [0.15, 0.2) is 30.6 Å². The molecule has 5 nitrogen and oxygen atoms in total. The smallest absolute Gasteiger partial charge is 0.161 e. The van der Waals surface area contributed by atoms with Crippen molar-refractivity contribution in [3.8, 4) is 11.5 Å². The number of aryl methyl sites for hydroxylation is 1. The number of rotatable bonds is 5. The highest BCUT2D eigenvalue weighted by molar-refractivity contribution is 5.45. The predicted octanol–water partition coefficient (Wildman–Crippen LogP) is 1.97. The number of aromatic nitrogens is 2. The molecule has 19 heavy (non-hydrogen) atoms. The van der Waals surface area contributed by atoms with Crippen molar-refractivity contribution in [1.29, 1.82) is 0 Å². The Kier molecular flexibility index (Phi) is 4.06. The maximum absolute atomic E-state index is 6.25. The highest BCUT2D eigenvalue weighted by Crippen LogP contribution is 2.31. The van der Waals surface area contributed by atoms with E-state index in [2.05, 4.69) is 5.10 Å². The van der Waals surface area contributed by atoms with Crippen LogP contribution in [0.1, 0.15) is 24.1 Å². The van der Waals surface area contributed by atoms with Crippen LogP contribution in [-0.2, 0) is 6.54 Å². The zero-order valence-corrected chi connectivity index (χ0v) is 11.5. The quantitative estimate of drug-likeness (QED) is 0.893. The summed E-state index contributed by atoms with van der Waals surface area (Å²) in [5.41, 5.74) is 8.20. The second kappa shape index (κ2) is 5.75. The number of benzene rings is 1. The van der Waals surface area contributed by atoms with Crippen LogP contribution in [0.5, 0.6) is 11.5 Å². The minimum absolute atomic E-state index is 0.222. The molecule has 0 saturated heterocycles. The molecular formula is C14H19N3O2. The average molecular weight is 261 g/mol. The Bertz CT molecular complexity index is 551. The van der Waals surface area contributed by atoms with Crippen molar-refractivity contribution < 1.29 is 9.47 Å². The molecule has 0 spiro atoms. The lowest BCUT2D eigenvalue weighted by Gasteiger charge is -2.13. The molecule has 2 rings (SSSR count). The Morgan fingerprint density at radius 3 is 2.53 bits per heavy atom. The molecule has 102 valence electrons. The topological polar surface area (TPSA) is 62.3 Å². The van der Waals surface area contributed by atoms with E-state index in [0.29, 0.717) is 11.5 Å². The summed E-state index contributed by atoms with van der Waals surface area (Å²) in [6.07, 6.45) is 3.76. The second-order valence-electron chi connectivity index (χ2n) is 4.22. The van der Waals surface area contributed by atoms with Crippen molar-refractivity contribution in [1.82, 2.24) is 9.78 Å². The van der Waals surface area contributed by atoms with Gasteiger partial charge in [-0.2, -0.15) is 5.10 Å².